The maximum absolute atomic E-state index is 13.5. The number of amides is 1. The molecule has 0 radical (unpaired) electrons. The number of rotatable bonds is 5. The van der Waals surface area contributed by atoms with Gasteiger partial charge in [0.1, 0.15) is 11.9 Å². The maximum atomic E-state index is 13.5. The molecule has 5 atom stereocenters. The van der Waals surface area contributed by atoms with Crippen LogP contribution in [-0.2, 0) is 23.1 Å². The summed E-state index contributed by atoms with van der Waals surface area (Å²) >= 11 is 0. The van der Waals surface area contributed by atoms with E-state index in [0.717, 1.165) is 73.2 Å². The fraction of sp³-hybridized carbons (Fsp3) is 0.417. The van der Waals surface area contributed by atoms with E-state index in [1.807, 2.05) is 43.1 Å². The summed E-state index contributed by atoms with van der Waals surface area (Å²) in [6, 6.07) is 20.5. The number of benzene rings is 3. The van der Waals surface area contributed by atoms with E-state index in [1.54, 1.807) is 13.2 Å². The van der Waals surface area contributed by atoms with Crippen LogP contribution in [0.4, 0.5) is 0 Å². The topological polar surface area (TPSA) is 62.2 Å². The van der Waals surface area contributed by atoms with Gasteiger partial charge in [0.25, 0.3) is 5.91 Å². The quantitative estimate of drug-likeness (QED) is 0.450. The van der Waals surface area contributed by atoms with Crippen LogP contribution in [0.5, 0.6) is 17.2 Å². The molecule has 1 amide bonds. The third-order valence-corrected chi connectivity index (χ3v) is 10.4. The molecule has 0 unspecified atom stereocenters. The number of carbonyl (C=O) groups is 1. The summed E-state index contributed by atoms with van der Waals surface area (Å²) in [6.07, 6.45) is 4.37. The SMILES string of the molecule is COc1cc(O)c2c3c1O[C@H]1[C@@H](N(C)C(=O)C#Cc4cccc(C)c4)CC[C@H]4[C@@H](C2)N(CCc2ccccc2)CC[C@@]341. The molecule has 216 valence electrons. The number of aryl methyl sites for hydroxylation is 1. The third-order valence-electron chi connectivity index (χ3n) is 10.4. The molecule has 1 spiro atoms. The molecule has 3 aromatic rings. The van der Waals surface area contributed by atoms with Crippen molar-refractivity contribution >= 4 is 5.91 Å². The molecular weight excluding hydrogens is 524 g/mol. The zero-order valence-corrected chi connectivity index (χ0v) is 24.6. The lowest BCUT2D eigenvalue weighted by molar-refractivity contribution is -0.134. The van der Waals surface area contributed by atoms with E-state index in [0.29, 0.717) is 17.7 Å². The minimum Gasteiger partial charge on any atom is -0.508 e. The summed E-state index contributed by atoms with van der Waals surface area (Å²) in [7, 11) is 3.50. The van der Waals surface area contributed by atoms with Gasteiger partial charge in [0.15, 0.2) is 11.5 Å². The van der Waals surface area contributed by atoms with Crippen molar-refractivity contribution < 1.29 is 19.4 Å². The highest BCUT2D eigenvalue weighted by Crippen LogP contribution is 2.65. The van der Waals surface area contributed by atoms with Gasteiger partial charge >= 0.3 is 0 Å². The van der Waals surface area contributed by atoms with Crippen LogP contribution >= 0.6 is 0 Å². The molecule has 6 nitrogen and oxygen atoms in total. The zero-order valence-electron chi connectivity index (χ0n) is 24.6. The predicted molar refractivity (Wildman–Crippen MR) is 162 cm³/mol. The molecule has 1 N–H and O–H groups in total. The molecular formula is C36H38N2O4. The minimum absolute atomic E-state index is 0.123. The summed E-state index contributed by atoms with van der Waals surface area (Å²) in [4.78, 5) is 17.9. The molecule has 1 saturated carbocycles. The molecule has 1 saturated heterocycles. The van der Waals surface area contributed by atoms with E-state index in [9.17, 15) is 9.90 Å². The first-order chi connectivity index (χ1) is 20.4. The standard InChI is InChI=1S/C36H38N2O4/c1-23-8-7-11-25(20-23)12-15-32(40)37(2)28-14-13-27-29-21-26-30(39)22-31(41-3)34-33(26)36(27,35(28)42-34)17-19-38(29)18-16-24-9-5-4-6-10-24/h4-11,20,22,27-29,35,39H,13-14,16-19,21H2,1-3H3/t27-,28-,29+,35-,36-/m0/s1. The Morgan fingerprint density at radius 1 is 1.17 bits per heavy atom. The Kier molecular flexibility index (Phi) is 6.66. The number of methoxy groups -OCH3 is 1. The Morgan fingerprint density at radius 2 is 2.00 bits per heavy atom. The molecule has 4 aliphatic rings. The van der Waals surface area contributed by atoms with Gasteiger partial charge in [0.2, 0.25) is 0 Å². The molecule has 2 fully saturated rings. The number of ether oxygens (including phenoxy) is 2. The highest BCUT2D eigenvalue weighted by Gasteiger charge is 2.67. The molecule has 7 rings (SSSR count). The van der Waals surface area contributed by atoms with Gasteiger partial charge in [0, 0.05) is 53.7 Å². The lowest BCUT2D eigenvalue weighted by Crippen LogP contribution is -2.69. The number of phenolic OH excluding ortho intramolecular Hbond substituents is 1. The third kappa shape index (κ3) is 4.17. The second kappa shape index (κ2) is 10.4. The number of phenols is 1. The van der Waals surface area contributed by atoms with Gasteiger partial charge in [-0.05, 0) is 74.8 Å². The summed E-state index contributed by atoms with van der Waals surface area (Å²) in [5, 5.41) is 11.3. The van der Waals surface area contributed by atoms with Crippen molar-refractivity contribution in [3.8, 4) is 29.1 Å². The van der Waals surface area contributed by atoms with E-state index in [1.165, 1.54) is 5.56 Å². The fourth-order valence-electron chi connectivity index (χ4n) is 8.48. The number of hydrogen-bond acceptors (Lipinski definition) is 5. The number of piperidine rings is 1. The van der Waals surface area contributed by atoms with Crippen LogP contribution in [0.15, 0.2) is 60.7 Å². The van der Waals surface area contributed by atoms with E-state index in [2.05, 4.69) is 47.1 Å². The lowest BCUT2D eigenvalue weighted by Gasteiger charge is -2.60. The summed E-state index contributed by atoms with van der Waals surface area (Å²) in [5.41, 5.74) is 5.15. The normalized spacial score (nSPS) is 26.8. The molecule has 0 aromatic heterocycles. The van der Waals surface area contributed by atoms with E-state index >= 15 is 0 Å². The van der Waals surface area contributed by atoms with Crippen molar-refractivity contribution in [1.82, 2.24) is 9.80 Å². The van der Waals surface area contributed by atoms with Crippen molar-refractivity contribution in [1.29, 1.82) is 0 Å². The first kappa shape index (κ1) is 26.9. The molecule has 2 aliphatic heterocycles. The number of likely N-dealkylation sites (tertiary alicyclic amines) is 1. The predicted octanol–water partition coefficient (Wildman–Crippen LogP) is 4.87. The van der Waals surface area contributed by atoms with Crippen LogP contribution in [0.25, 0.3) is 0 Å². The zero-order chi connectivity index (χ0) is 29.0. The molecule has 42 heavy (non-hydrogen) atoms. The first-order valence-corrected chi connectivity index (χ1v) is 15.1. The van der Waals surface area contributed by atoms with E-state index < -0.39 is 0 Å². The monoisotopic (exact) mass is 562 g/mol. The van der Waals surface area contributed by atoms with Crippen molar-refractivity contribution in [2.75, 3.05) is 27.2 Å². The molecule has 2 bridgehead atoms. The van der Waals surface area contributed by atoms with E-state index in [4.69, 9.17) is 9.47 Å². The highest BCUT2D eigenvalue weighted by atomic mass is 16.5. The van der Waals surface area contributed by atoms with Gasteiger partial charge in [-0.25, -0.2) is 0 Å². The average molecular weight is 563 g/mol. The Bertz CT molecular complexity index is 1590. The second-order valence-electron chi connectivity index (χ2n) is 12.4. The Labute approximate surface area is 248 Å². The number of hydrogen-bond donors (Lipinski definition) is 1. The van der Waals surface area contributed by atoms with E-state index in [-0.39, 0.29) is 29.2 Å². The number of aromatic hydroxyl groups is 1. The van der Waals surface area contributed by atoms with Crippen molar-refractivity contribution in [2.24, 2.45) is 5.92 Å². The number of likely N-dealkylation sites (N-methyl/N-ethyl adjacent to an activating group) is 1. The van der Waals surface area contributed by atoms with Gasteiger partial charge in [-0.15, -0.1) is 0 Å². The molecule has 3 aromatic carbocycles. The van der Waals surface area contributed by atoms with Crippen molar-refractivity contribution in [3.63, 3.8) is 0 Å². The minimum atomic E-state index is -0.274. The van der Waals surface area contributed by atoms with Gasteiger partial charge in [-0.3, -0.25) is 9.69 Å². The van der Waals surface area contributed by atoms with Gasteiger partial charge in [-0.1, -0.05) is 48.4 Å². The first-order valence-electron chi connectivity index (χ1n) is 15.1. The molecule has 6 heteroatoms. The fourth-order valence-corrected chi connectivity index (χ4v) is 8.48. The average Bonchev–Trinajstić information content (AvgIpc) is 3.34. The van der Waals surface area contributed by atoms with Gasteiger partial charge < -0.3 is 19.5 Å². The van der Waals surface area contributed by atoms with Crippen molar-refractivity contribution in [2.45, 2.75) is 62.6 Å². The summed E-state index contributed by atoms with van der Waals surface area (Å²) < 4.78 is 12.6. The van der Waals surface area contributed by atoms with Crippen LogP contribution in [0.2, 0.25) is 0 Å². The van der Waals surface area contributed by atoms with Gasteiger partial charge in [-0.2, -0.15) is 0 Å². The highest BCUT2D eigenvalue weighted by molar-refractivity contribution is 5.94. The van der Waals surface area contributed by atoms with Crippen LogP contribution < -0.4 is 9.47 Å². The number of nitrogens with zero attached hydrogens (tertiary/aromatic N) is 2. The van der Waals surface area contributed by atoms with Crippen LogP contribution in [0.1, 0.15) is 47.1 Å². The van der Waals surface area contributed by atoms with Crippen LogP contribution in [-0.4, -0.2) is 66.2 Å². The largest absolute Gasteiger partial charge is 0.508 e. The Hall–Kier alpha value is -3.95. The molecule has 2 aliphatic carbocycles. The smallest absolute Gasteiger partial charge is 0.298 e. The number of carbonyl (C=O) groups excluding carboxylic acids is 1. The van der Waals surface area contributed by atoms with Gasteiger partial charge in [0.05, 0.1) is 13.2 Å². The lowest BCUT2D eigenvalue weighted by atomic mass is 9.50. The Morgan fingerprint density at radius 3 is 2.79 bits per heavy atom. The van der Waals surface area contributed by atoms with Crippen molar-refractivity contribution in [3.05, 3.63) is 88.5 Å². The van der Waals surface area contributed by atoms with Crippen LogP contribution in [0.3, 0.4) is 0 Å². The Balaban J connectivity index is 1.23. The maximum Gasteiger partial charge on any atom is 0.298 e. The summed E-state index contributed by atoms with van der Waals surface area (Å²) in [5.74, 6) is 7.77. The summed E-state index contributed by atoms with van der Waals surface area (Å²) in [6.45, 7) is 3.97. The second-order valence-corrected chi connectivity index (χ2v) is 12.4. The van der Waals surface area contributed by atoms with Crippen LogP contribution in [0, 0.1) is 24.7 Å². The molecule has 2 heterocycles.